The van der Waals surface area contributed by atoms with Crippen molar-refractivity contribution in [1.29, 1.82) is 0 Å². The van der Waals surface area contributed by atoms with Crippen LogP contribution in [0.4, 0.5) is 4.39 Å². The minimum absolute atomic E-state index is 0.0623. The molecule has 0 unspecified atom stereocenters. The van der Waals surface area contributed by atoms with Crippen LogP contribution in [0.5, 0.6) is 11.6 Å². The van der Waals surface area contributed by atoms with Crippen LogP contribution in [-0.2, 0) is 0 Å². The Bertz CT molecular complexity index is 614. The van der Waals surface area contributed by atoms with Gasteiger partial charge in [-0.1, -0.05) is 21.1 Å². The first kappa shape index (κ1) is 13.3. The number of oxime groups is 1. The summed E-state index contributed by atoms with van der Waals surface area (Å²) in [5, 5.41) is 11.5. The van der Waals surface area contributed by atoms with E-state index >= 15 is 0 Å². The summed E-state index contributed by atoms with van der Waals surface area (Å²) in [5.74, 6) is 0.00210. The number of aromatic nitrogens is 1. The molecular formula is C12H9BrFN3O2. The van der Waals surface area contributed by atoms with Crippen LogP contribution in [-0.4, -0.2) is 16.0 Å². The monoisotopic (exact) mass is 325 g/mol. The lowest BCUT2D eigenvalue weighted by Gasteiger charge is -2.06. The fraction of sp³-hybridized carbons (Fsp3) is 0. The Morgan fingerprint density at radius 2 is 2.16 bits per heavy atom. The molecule has 0 bridgehead atoms. The van der Waals surface area contributed by atoms with E-state index in [-0.39, 0.29) is 17.5 Å². The van der Waals surface area contributed by atoms with Gasteiger partial charge >= 0.3 is 0 Å². The maximum Gasteiger partial charge on any atom is 0.219 e. The number of nitrogens with two attached hydrogens (primary N) is 1. The van der Waals surface area contributed by atoms with Gasteiger partial charge in [0.25, 0.3) is 0 Å². The lowest BCUT2D eigenvalue weighted by Crippen LogP contribution is -2.13. The number of halogens is 2. The zero-order chi connectivity index (χ0) is 13.8. The van der Waals surface area contributed by atoms with Crippen LogP contribution in [0.2, 0.25) is 0 Å². The summed E-state index contributed by atoms with van der Waals surface area (Å²) < 4.78 is 19.1. The Kier molecular flexibility index (Phi) is 3.96. The summed E-state index contributed by atoms with van der Waals surface area (Å²) in [6, 6.07) is 7.17. The first-order valence-electron chi connectivity index (χ1n) is 5.16. The SMILES string of the molecule is N/C(=N/O)c1ccnc(Oc2cc(F)cc(Br)c2)c1. The molecule has 7 heteroatoms. The summed E-state index contributed by atoms with van der Waals surface area (Å²) in [6.07, 6.45) is 1.44. The topological polar surface area (TPSA) is 80.7 Å². The van der Waals surface area contributed by atoms with Crippen LogP contribution in [0.15, 0.2) is 46.2 Å². The van der Waals surface area contributed by atoms with Gasteiger partial charge in [-0.3, -0.25) is 0 Å². The second-order valence-electron chi connectivity index (χ2n) is 3.58. The van der Waals surface area contributed by atoms with Crippen molar-refractivity contribution in [2.75, 3.05) is 0 Å². The largest absolute Gasteiger partial charge is 0.439 e. The third-order valence-corrected chi connectivity index (χ3v) is 2.65. The Balaban J connectivity index is 2.28. The van der Waals surface area contributed by atoms with Crippen LogP contribution in [0.1, 0.15) is 5.56 Å². The molecule has 1 heterocycles. The molecule has 3 N–H and O–H groups in total. The van der Waals surface area contributed by atoms with Crippen LogP contribution < -0.4 is 10.5 Å². The fourth-order valence-electron chi connectivity index (χ4n) is 1.39. The highest BCUT2D eigenvalue weighted by Crippen LogP contribution is 2.25. The molecule has 19 heavy (non-hydrogen) atoms. The van der Waals surface area contributed by atoms with Gasteiger partial charge in [0.1, 0.15) is 11.6 Å². The zero-order valence-corrected chi connectivity index (χ0v) is 11.1. The second kappa shape index (κ2) is 5.66. The van der Waals surface area contributed by atoms with Gasteiger partial charge in [0, 0.05) is 28.4 Å². The Hall–Kier alpha value is -2.15. The van der Waals surface area contributed by atoms with E-state index in [1.54, 1.807) is 12.1 Å². The standard InChI is InChI=1S/C12H9BrFN3O2/c13-8-4-9(14)6-10(5-8)19-11-3-7(1-2-16-11)12(15)17-18/h1-6,18H,(H2,15,17). The summed E-state index contributed by atoms with van der Waals surface area (Å²) in [5.41, 5.74) is 5.90. The molecule has 0 saturated carbocycles. The normalized spacial score (nSPS) is 11.4. The van der Waals surface area contributed by atoms with E-state index in [0.29, 0.717) is 10.0 Å². The molecule has 2 aromatic rings. The van der Waals surface area contributed by atoms with E-state index in [1.807, 2.05) is 0 Å². The molecule has 5 nitrogen and oxygen atoms in total. The van der Waals surface area contributed by atoms with Crippen molar-refractivity contribution in [3.63, 3.8) is 0 Å². The Morgan fingerprint density at radius 1 is 1.37 bits per heavy atom. The number of benzene rings is 1. The number of ether oxygens (including phenoxy) is 1. The van der Waals surface area contributed by atoms with Crippen molar-refractivity contribution in [3.8, 4) is 11.6 Å². The van der Waals surface area contributed by atoms with Gasteiger partial charge in [-0.25, -0.2) is 9.37 Å². The third-order valence-electron chi connectivity index (χ3n) is 2.20. The molecule has 1 aromatic heterocycles. The molecule has 0 radical (unpaired) electrons. The highest BCUT2D eigenvalue weighted by Gasteiger charge is 2.05. The van der Waals surface area contributed by atoms with Gasteiger partial charge in [0.2, 0.25) is 5.88 Å². The van der Waals surface area contributed by atoms with Crippen molar-refractivity contribution in [2.24, 2.45) is 10.9 Å². The van der Waals surface area contributed by atoms with Crippen molar-refractivity contribution in [1.82, 2.24) is 4.98 Å². The third kappa shape index (κ3) is 3.41. The summed E-state index contributed by atoms with van der Waals surface area (Å²) in [4.78, 5) is 3.96. The molecule has 0 atom stereocenters. The average molecular weight is 326 g/mol. The van der Waals surface area contributed by atoms with Gasteiger partial charge in [0.15, 0.2) is 5.84 Å². The summed E-state index contributed by atoms with van der Waals surface area (Å²) in [7, 11) is 0. The number of rotatable bonds is 3. The van der Waals surface area contributed by atoms with Gasteiger partial charge < -0.3 is 15.7 Å². The Morgan fingerprint density at radius 3 is 2.84 bits per heavy atom. The first-order chi connectivity index (χ1) is 9.08. The predicted octanol–water partition coefficient (Wildman–Crippen LogP) is 2.87. The highest BCUT2D eigenvalue weighted by molar-refractivity contribution is 9.10. The Labute approximate surface area is 116 Å². The van der Waals surface area contributed by atoms with Crippen LogP contribution in [0.3, 0.4) is 0 Å². The van der Waals surface area contributed by atoms with Gasteiger partial charge in [0.05, 0.1) is 0 Å². The number of nitrogens with zero attached hydrogens (tertiary/aromatic N) is 2. The van der Waals surface area contributed by atoms with Crippen LogP contribution in [0.25, 0.3) is 0 Å². The minimum Gasteiger partial charge on any atom is -0.439 e. The zero-order valence-electron chi connectivity index (χ0n) is 9.55. The van der Waals surface area contributed by atoms with Crippen molar-refractivity contribution in [2.45, 2.75) is 0 Å². The van der Waals surface area contributed by atoms with E-state index in [1.165, 1.54) is 24.4 Å². The number of hydrogen-bond acceptors (Lipinski definition) is 4. The molecule has 0 aliphatic rings. The molecule has 1 aromatic carbocycles. The maximum atomic E-state index is 13.2. The second-order valence-corrected chi connectivity index (χ2v) is 4.49. The van der Waals surface area contributed by atoms with E-state index in [2.05, 4.69) is 26.1 Å². The molecule has 98 valence electrons. The average Bonchev–Trinajstić information content (AvgIpc) is 2.37. The van der Waals surface area contributed by atoms with E-state index in [0.717, 1.165) is 0 Å². The summed E-state index contributed by atoms with van der Waals surface area (Å²) in [6.45, 7) is 0. The molecule has 2 rings (SSSR count). The molecule has 0 spiro atoms. The van der Waals surface area contributed by atoms with Crippen molar-refractivity contribution >= 4 is 21.8 Å². The molecular weight excluding hydrogens is 317 g/mol. The molecule has 0 aliphatic heterocycles. The van der Waals surface area contributed by atoms with Crippen molar-refractivity contribution < 1.29 is 14.3 Å². The van der Waals surface area contributed by atoms with E-state index in [9.17, 15) is 4.39 Å². The smallest absolute Gasteiger partial charge is 0.219 e. The molecule has 0 aliphatic carbocycles. The minimum atomic E-state index is -0.433. The first-order valence-corrected chi connectivity index (χ1v) is 5.95. The predicted molar refractivity (Wildman–Crippen MR) is 70.9 cm³/mol. The van der Waals surface area contributed by atoms with E-state index < -0.39 is 5.82 Å². The molecule has 0 amide bonds. The summed E-state index contributed by atoms with van der Waals surface area (Å²) >= 11 is 3.16. The number of pyridine rings is 1. The number of amidine groups is 1. The van der Waals surface area contributed by atoms with Gasteiger partial charge in [-0.15, -0.1) is 0 Å². The fourth-order valence-corrected chi connectivity index (χ4v) is 1.83. The quantitative estimate of drug-likeness (QED) is 0.393. The lowest BCUT2D eigenvalue weighted by molar-refractivity contribution is 0.318. The number of hydrogen-bond donors (Lipinski definition) is 2. The molecule has 0 saturated heterocycles. The van der Waals surface area contributed by atoms with Gasteiger partial charge in [-0.05, 0) is 18.2 Å². The maximum absolute atomic E-state index is 13.2. The lowest BCUT2D eigenvalue weighted by atomic mass is 10.2. The molecule has 0 fully saturated rings. The highest BCUT2D eigenvalue weighted by atomic mass is 79.9. The van der Waals surface area contributed by atoms with Gasteiger partial charge in [-0.2, -0.15) is 0 Å². The van der Waals surface area contributed by atoms with Crippen molar-refractivity contribution in [3.05, 3.63) is 52.4 Å². The van der Waals surface area contributed by atoms with Crippen LogP contribution in [0, 0.1) is 5.82 Å². The van der Waals surface area contributed by atoms with E-state index in [4.69, 9.17) is 15.7 Å². The van der Waals surface area contributed by atoms with Crippen LogP contribution >= 0.6 is 15.9 Å².